The van der Waals surface area contributed by atoms with Crippen molar-refractivity contribution in [1.29, 1.82) is 0 Å². The largest absolute Gasteiger partial charge is 0.333 e. The van der Waals surface area contributed by atoms with Gasteiger partial charge in [-0.3, -0.25) is 5.43 Å². The number of rotatable bonds is 1. The highest BCUT2D eigenvalue weighted by molar-refractivity contribution is 5.88. The number of aryl methyl sites for hydroxylation is 1. The Morgan fingerprint density at radius 3 is 2.77 bits per heavy atom. The molecule has 0 atom stereocenters. The third-order valence-electron chi connectivity index (χ3n) is 1.56. The van der Waals surface area contributed by atoms with E-state index in [2.05, 4.69) is 5.32 Å². The van der Waals surface area contributed by atoms with Crippen molar-refractivity contribution >= 4 is 11.7 Å². The topological polar surface area (TPSA) is 67.2 Å². The van der Waals surface area contributed by atoms with Gasteiger partial charge >= 0.3 is 6.03 Å². The molecule has 4 N–H and O–H groups in total. The standard InChI is InChI=1S/C8H10FN3O/c1-5-2-3-6(4-7(5)9)11-8(13)12-10/h2-4H,10H2,1H3,(H2,11,12,13). The number of hydrazine groups is 1. The number of hydrogen-bond acceptors (Lipinski definition) is 2. The molecule has 1 aromatic rings. The van der Waals surface area contributed by atoms with E-state index in [1.807, 2.05) is 5.43 Å². The van der Waals surface area contributed by atoms with Crippen molar-refractivity contribution in [2.45, 2.75) is 6.92 Å². The summed E-state index contributed by atoms with van der Waals surface area (Å²) in [6, 6.07) is 3.81. The van der Waals surface area contributed by atoms with E-state index in [0.29, 0.717) is 11.3 Å². The Labute approximate surface area is 74.9 Å². The number of nitrogens with one attached hydrogen (secondary N) is 2. The molecule has 0 unspecified atom stereocenters. The molecule has 0 radical (unpaired) electrons. The number of anilines is 1. The lowest BCUT2D eigenvalue weighted by Crippen LogP contribution is -2.34. The lowest BCUT2D eigenvalue weighted by molar-refractivity contribution is 0.252. The van der Waals surface area contributed by atoms with Crippen LogP contribution in [0.5, 0.6) is 0 Å². The Bertz CT molecular complexity index is 327. The maximum absolute atomic E-state index is 12.9. The van der Waals surface area contributed by atoms with Gasteiger partial charge in [0.15, 0.2) is 0 Å². The number of carbonyl (C=O) groups is 1. The molecular formula is C8H10FN3O. The van der Waals surface area contributed by atoms with Crippen molar-refractivity contribution in [3.63, 3.8) is 0 Å². The first-order valence-electron chi connectivity index (χ1n) is 3.67. The number of carbonyl (C=O) groups excluding carboxylic acids is 1. The Morgan fingerprint density at radius 1 is 1.54 bits per heavy atom. The third kappa shape index (κ3) is 2.41. The molecule has 4 nitrogen and oxygen atoms in total. The van der Waals surface area contributed by atoms with Gasteiger partial charge in [-0.05, 0) is 24.6 Å². The van der Waals surface area contributed by atoms with Crippen LogP contribution in [0.2, 0.25) is 0 Å². The Morgan fingerprint density at radius 2 is 2.23 bits per heavy atom. The van der Waals surface area contributed by atoms with E-state index in [-0.39, 0.29) is 5.82 Å². The molecule has 0 fully saturated rings. The van der Waals surface area contributed by atoms with Crippen LogP contribution in [0.15, 0.2) is 18.2 Å². The van der Waals surface area contributed by atoms with Crippen molar-refractivity contribution in [2.24, 2.45) is 5.84 Å². The van der Waals surface area contributed by atoms with Crippen LogP contribution in [0, 0.1) is 12.7 Å². The molecular weight excluding hydrogens is 173 g/mol. The average Bonchev–Trinajstić information content (AvgIpc) is 2.11. The second kappa shape index (κ2) is 3.86. The van der Waals surface area contributed by atoms with Gasteiger partial charge in [-0.1, -0.05) is 6.07 Å². The van der Waals surface area contributed by atoms with E-state index in [1.165, 1.54) is 6.07 Å². The molecule has 0 heterocycles. The predicted molar refractivity (Wildman–Crippen MR) is 47.5 cm³/mol. The molecule has 1 rings (SSSR count). The van der Waals surface area contributed by atoms with Gasteiger partial charge in [0.05, 0.1) is 0 Å². The van der Waals surface area contributed by atoms with E-state index in [4.69, 9.17) is 5.84 Å². The molecule has 0 aliphatic heterocycles. The number of urea groups is 1. The fourth-order valence-electron chi connectivity index (χ4n) is 0.838. The molecule has 0 aliphatic carbocycles. The average molecular weight is 183 g/mol. The highest BCUT2D eigenvalue weighted by atomic mass is 19.1. The smallest absolute Gasteiger partial charge is 0.307 e. The normalized spacial score (nSPS) is 9.46. The van der Waals surface area contributed by atoms with Gasteiger partial charge in [-0.2, -0.15) is 0 Å². The quantitative estimate of drug-likeness (QED) is 0.347. The van der Waals surface area contributed by atoms with E-state index >= 15 is 0 Å². The van der Waals surface area contributed by atoms with Crippen LogP contribution in [0.4, 0.5) is 14.9 Å². The van der Waals surface area contributed by atoms with Crippen LogP contribution in [-0.2, 0) is 0 Å². The lowest BCUT2D eigenvalue weighted by atomic mass is 10.2. The fraction of sp³-hybridized carbons (Fsp3) is 0.125. The molecule has 0 saturated heterocycles. The van der Waals surface area contributed by atoms with E-state index in [9.17, 15) is 9.18 Å². The molecule has 0 bridgehead atoms. The van der Waals surface area contributed by atoms with Crippen LogP contribution in [0.3, 0.4) is 0 Å². The molecule has 0 saturated carbocycles. The maximum Gasteiger partial charge on any atom is 0.333 e. The zero-order chi connectivity index (χ0) is 9.84. The second-order valence-corrected chi connectivity index (χ2v) is 2.56. The third-order valence-corrected chi connectivity index (χ3v) is 1.56. The van der Waals surface area contributed by atoms with Crippen LogP contribution >= 0.6 is 0 Å². The minimum atomic E-state index is -0.580. The Balaban J connectivity index is 2.79. The zero-order valence-corrected chi connectivity index (χ0v) is 7.10. The molecule has 0 aliphatic rings. The van der Waals surface area contributed by atoms with Crippen molar-refractivity contribution in [3.05, 3.63) is 29.6 Å². The number of nitrogens with two attached hydrogens (primary N) is 1. The first-order valence-corrected chi connectivity index (χ1v) is 3.67. The molecule has 0 aromatic heterocycles. The summed E-state index contributed by atoms with van der Waals surface area (Å²) in [5, 5.41) is 2.34. The summed E-state index contributed by atoms with van der Waals surface area (Å²) < 4.78 is 12.9. The molecule has 13 heavy (non-hydrogen) atoms. The summed E-state index contributed by atoms with van der Waals surface area (Å²) in [6.07, 6.45) is 0. The zero-order valence-electron chi connectivity index (χ0n) is 7.10. The van der Waals surface area contributed by atoms with Gasteiger partial charge in [0.1, 0.15) is 5.82 Å². The van der Waals surface area contributed by atoms with E-state index in [0.717, 1.165) is 0 Å². The van der Waals surface area contributed by atoms with Crippen LogP contribution in [-0.4, -0.2) is 6.03 Å². The van der Waals surface area contributed by atoms with Crippen molar-refractivity contribution in [1.82, 2.24) is 5.43 Å². The van der Waals surface area contributed by atoms with Crippen molar-refractivity contribution < 1.29 is 9.18 Å². The second-order valence-electron chi connectivity index (χ2n) is 2.56. The minimum Gasteiger partial charge on any atom is -0.307 e. The SMILES string of the molecule is Cc1ccc(NC(=O)NN)cc1F. The van der Waals surface area contributed by atoms with E-state index < -0.39 is 6.03 Å². The molecule has 2 amide bonds. The van der Waals surface area contributed by atoms with Crippen molar-refractivity contribution in [3.8, 4) is 0 Å². The van der Waals surface area contributed by atoms with Gasteiger partial charge in [-0.15, -0.1) is 0 Å². The summed E-state index contributed by atoms with van der Waals surface area (Å²) in [5.74, 6) is 4.47. The van der Waals surface area contributed by atoms with Gasteiger partial charge in [0.2, 0.25) is 0 Å². The summed E-state index contributed by atoms with van der Waals surface area (Å²) in [6.45, 7) is 1.64. The summed E-state index contributed by atoms with van der Waals surface area (Å²) >= 11 is 0. The minimum absolute atomic E-state index is 0.366. The van der Waals surface area contributed by atoms with Gasteiger partial charge in [-0.25, -0.2) is 15.0 Å². The molecule has 70 valence electrons. The highest BCUT2D eigenvalue weighted by Gasteiger charge is 2.01. The molecule has 5 heteroatoms. The number of benzene rings is 1. The van der Waals surface area contributed by atoms with Crippen LogP contribution < -0.4 is 16.6 Å². The first-order chi connectivity index (χ1) is 6.13. The number of halogens is 1. The number of amides is 2. The maximum atomic E-state index is 12.9. The monoisotopic (exact) mass is 183 g/mol. The lowest BCUT2D eigenvalue weighted by Gasteiger charge is -2.04. The predicted octanol–water partition coefficient (Wildman–Crippen LogP) is 1.13. The summed E-state index contributed by atoms with van der Waals surface area (Å²) in [4.78, 5) is 10.7. The first kappa shape index (κ1) is 9.47. The fourth-order valence-corrected chi connectivity index (χ4v) is 0.838. The highest BCUT2D eigenvalue weighted by Crippen LogP contribution is 2.12. The van der Waals surface area contributed by atoms with E-state index in [1.54, 1.807) is 19.1 Å². The molecule has 1 aromatic carbocycles. The summed E-state index contributed by atoms with van der Waals surface area (Å²) in [5.41, 5.74) is 2.77. The van der Waals surface area contributed by atoms with Gasteiger partial charge in [0.25, 0.3) is 0 Å². The van der Waals surface area contributed by atoms with Crippen LogP contribution in [0.25, 0.3) is 0 Å². The molecule has 0 spiro atoms. The van der Waals surface area contributed by atoms with Crippen molar-refractivity contribution in [2.75, 3.05) is 5.32 Å². The van der Waals surface area contributed by atoms with Gasteiger partial charge in [0, 0.05) is 5.69 Å². The Hall–Kier alpha value is -1.62. The Kier molecular flexibility index (Phi) is 2.81. The number of hydrogen-bond donors (Lipinski definition) is 3. The van der Waals surface area contributed by atoms with Crippen LogP contribution in [0.1, 0.15) is 5.56 Å². The summed E-state index contributed by atoms with van der Waals surface area (Å²) in [7, 11) is 0. The van der Waals surface area contributed by atoms with Gasteiger partial charge < -0.3 is 5.32 Å².